The zero-order chi connectivity index (χ0) is 23.9. The normalized spacial score (nSPS) is 32.1. The molecule has 9 nitrogen and oxygen atoms in total. The average molecular weight is 442 g/mol. The van der Waals surface area contributed by atoms with Gasteiger partial charge in [0.15, 0.2) is 11.4 Å². The second-order valence-electron chi connectivity index (χ2n) is 9.15. The first kappa shape index (κ1) is 22.0. The number of phenols is 1. The summed E-state index contributed by atoms with van der Waals surface area (Å²) in [4.78, 5) is 40.2. The first-order chi connectivity index (χ1) is 14.8. The number of fused-ring (bicyclic) bond motifs is 3. The summed E-state index contributed by atoms with van der Waals surface area (Å²) in [7, 11) is 3.14. The van der Waals surface area contributed by atoms with E-state index in [-0.39, 0.29) is 29.2 Å². The number of carbonyl (C=O) groups excluding carboxylic acids is 3. The van der Waals surface area contributed by atoms with Crippen LogP contribution in [-0.4, -0.2) is 68.5 Å². The highest BCUT2D eigenvalue weighted by Crippen LogP contribution is 2.56. The quantitative estimate of drug-likeness (QED) is 0.421. The van der Waals surface area contributed by atoms with Gasteiger partial charge in [-0.25, -0.2) is 0 Å². The number of nitrogens with zero attached hydrogens (tertiary/aromatic N) is 1. The van der Waals surface area contributed by atoms with Gasteiger partial charge in [-0.2, -0.15) is 0 Å². The summed E-state index contributed by atoms with van der Waals surface area (Å²) in [5.41, 5.74) is 3.31. The monoisotopic (exact) mass is 442 g/mol. The summed E-state index contributed by atoms with van der Waals surface area (Å²) in [5, 5.41) is 43.8. The van der Waals surface area contributed by atoms with Crippen molar-refractivity contribution in [3.63, 3.8) is 0 Å². The van der Waals surface area contributed by atoms with Crippen LogP contribution in [-0.2, 0) is 14.4 Å². The van der Waals surface area contributed by atoms with Gasteiger partial charge in [-0.15, -0.1) is 0 Å². The standard InChI is InChI=1S/C23H26N2O7/c1-8-5-6-12(26)15-13(8)9(2)10-7-11-17(25(3)4)19(28)16(22(24)31)21(30)23(11,32)20(29)14(10)18(15)27/h5-6,9-11,17,26-27,30,32H,7H2,1-4H3,(H2,24,31)/t9-,10-,11+,17?,23+/m1/s1. The Hall–Kier alpha value is -3.17. The molecule has 1 aromatic carbocycles. The molecule has 6 N–H and O–H groups in total. The average Bonchev–Trinajstić information content (AvgIpc) is 2.69. The number of ketones is 2. The number of aryl methyl sites for hydroxylation is 1. The summed E-state index contributed by atoms with van der Waals surface area (Å²) in [6, 6.07) is 2.03. The van der Waals surface area contributed by atoms with Crippen molar-refractivity contribution in [1.82, 2.24) is 4.90 Å². The number of benzene rings is 1. The fourth-order valence-electron chi connectivity index (χ4n) is 5.84. The van der Waals surface area contributed by atoms with Crippen LogP contribution in [0.25, 0.3) is 5.76 Å². The highest BCUT2D eigenvalue weighted by Gasteiger charge is 2.64. The Labute approximate surface area is 184 Å². The SMILES string of the molecule is Cc1ccc(O)c2c1[C@H](C)[C@H]1C[C@H]3C(N(C)C)C(=O)C(C(N)=O)=C(O)[C@@]3(O)C(=O)C1=C2O. The molecule has 9 heteroatoms. The van der Waals surface area contributed by atoms with E-state index in [1.807, 2.05) is 13.8 Å². The summed E-state index contributed by atoms with van der Waals surface area (Å²) in [6.07, 6.45) is 0.0715. The summed E-state index contributed by atoms with van der Waals surface area (Å²) in [6.45, 7) is 3.67. The minimum absolute atomic E-state index is 0.0715. The van der Waals surface area contributed by atoms with Crippen molar-refractivity contribution >= 4 is 23.2 Å². The van der Waals surface area contributed by atoms with E-state index in [1.54, 1.807) is 20.2 Å². The number of aromatic hydroxyl groups is 1. The minimum Gasteiger partial charge on any atom is -0.508 e. The minimum atomic E-state index is -2.62. The van der Waals surface area contributed by atoms with Gasteiger partial charge in [0.1, 0.15) is 22.8 Å². The number of aliphatic hydroxyl groups is 3. The van der Waals surface area contributed by atoms with E-state index in [0.29, 0.717) is 5.56 Å². The molecule has 170 valence electrons. The Morgan fingerprint density at radius 2 is 1.81 bits per heavy atom. The molecule has 1 amide bonds. The van der Waals surface area contributed by atoms with Crippen LogP contribution in [0.1, 0.15) is 36.0 Å². The Bertz CT molecular complexity index is 1150. The molecule has 5 atom stereocenters. The number of phenolic OH excluding ortho intramolecular Hbond substituents is 1. The number of rotatable bonds is 2. The lowest BCUT2D eigenvalue weighted by Gasteiger charge is -2.51. The first-order valence-electron chi connectivity index (χ1n) is 10.3. The fourth-order valence-corrected chi connectivity index (χ4v) is 5.84. The Morgan fingerprint density at radius 1 is 1.19 bits per heavy atom. The molecule has 0 bridgehead atoms. The first-order valence-corrected chi connectivity index (χ1v) is 10.3. The number of primary amides is 1. The van der Waals surface area contributed by atoms with Crippen LogP contribution in [0.15, 0.2) is 29.0 Å². The van der Waals surface area contributed by atoms with E-state index < -0.39 is 58.0 Å². The zero-order valence-corrected chi connectivity index (χ0v) is 18.2. The number of aliphatic hydroxyl groups excluding tert-OH is 2. The lowest BCUT2D eigenvalue weighted by atomic mass is 9.55. The van der Waals surface area contributed by atoms with Gasteiger partial charge in [-0.1, -0.05) is 13.0 Å². The number of hydrogen-bond donors (Lipinski definition) is 5. The Morgan fingerprint density at radius 3 is 2.38 bits per heavy atom. The zero-order valence-electron chi connectivity index (χ0n) is 18.2. The lowest BCUT2D eigenvalue weighted by molar-refractivity contribution is -0.154. The second-order valence-corrected chi connectivity index (χ2v) is 9.15. The lowest BCUT2D eigenvalue weighted by Crippen LogP contribution is -2.66. The molecule has 1 aromatic rings. The topological polar surface area (TPSA) is 161 Å². The van der Waals surface area contributed by atoms with Crippen LogP contribution >= 0.6 is 0 Å². The van der Waals surface area contributed by atoms with Crippen molar-refractivity contribution in [2.45, 2.75) is 37.8 Å². The predicted molar refractivity (Wildman–Crippen MR) is 114 cm³/mol. The van der Waals surface area contributed by atoms with E-state index in [9.17, 15) is 34.8 Å². The number of likely N-dealkylation sites (N-methyl/N-ethyl adjacent to an activating group) is 1. The fraction of sp³-hybridized carbons (Fsp3) is 0.435. The molecule has 1 unspecified atom stereocenters. The third-order valence-corrected chi connectivity index (χ3v) is 7.30. The summed E-state index contributed by atoms with van der Waals surface area (Å²) >= 11 is 0. The van der Waals surface area contributed by atoms with Crippen molar-refractivity contribution in [2.75, 3.05) is 14.1 Å². The number of hydrogen-bond acceptors (Lipinski definition) is 8. The molecule has 0 spiro atoms. The van der Waals surface area contributed by atoms with E-state index in [0.717, 1.165) is 5.56 Å². The van der Waals surface area contributed by atoms with Gasteiger partial charge in [0.2, 0.25) is 5.78 Å². The van der Waals surface area contributed by atoms with Crippen LogP contribution in [0.5, 0.6) is 5.75 Å². The van der Waals surface area contributed by atoms with Crippen LogP contribution in [0.4, 0.5) is 0 Å². The maximum absolute atomic E-state index is 13.7. The molecular formula is C23H26N2O7. The van der Waals surface area contributed by atoms with Crippen molar-refractivity contribution < 1.29 is 34.8 Å². The van der Waals surface area contributed by atoms with Crippen LogP contribution in [0.3, 0.4) is 0 Å². The van der Waals surface area contributed by atoms with E-state index in [2.05, 4.69) is 0 Å². The molecule has 1 saturated carbocycles. The Kier molecular flexibility index (Phi) is 4.76. The third kappa shape index (κ3) is 2.55. The molecule has 1 fully saturated rings. The van der Waals surface area contributed by atoms with Gasteiger partial charge in [0, 0.05) is 11.5 Å². The van der Waals surface area contributed by atoms with Crippen LogP contribution in [0.2, 0.25) is 0 Å². The molecule has 32 heavy (non-hydrogen) atoms. The van der Waals surface area contributed by atoms with Crippen molar-refractivity contribution in [3.8, 4) is 5.75 Å². The van der Waals surface area contributed by atoms with Gasteiger partial charge >= 0.3 is 0 Å². The maximum atomic E-state index is 13.7. The summed E-state index contributed by atoms with van der Waals surface area (Å²) < 4.78 is 0. The van der Waals surface area contributed by atoms with Crippen molar-refractivity contribution in [2.24, 2.45) is 17.6 Å². The summed E-state index contributed by atoms with van der Waals surface area (Å²) in [5.74, 6) is -6.81. The van der Waals surface area contributed by atoms with Crippen molar-refractivity contribution in [1.29, 1.82) is 0 Å². The molecule has 3 aliphatic carbocycles. The van der Waals surface area contributed by atoms with E-state index in [1.165, 1.54) is 11.0 Å². The maximum Gasteiger partial charge on any atom is 0.255 e. The molecular weight excluding hydrogens is 416 g/mol. The van der Waals surface area contributed by atoms with E-state index in [4.69, 9.17) is 5.73 Å². The molecule has 0 saturated heterocycles. The van der Waals surface area contributed by atoms with Gasteiger partial charge in [-0.3, -0.25) is 19.3 Å². The van der Waals surface area contributed by atoms with Crippen LogP contribution < -0.4 is 5.73 Å². The molecule has 0 heterocycles. The highest BCUT2D eigenvalue weighted by atomic mass is 16.3. The highest BCUT2D eigenvalue weighted by molar-refractivity contribution is 6.24. The molecule has 3 aliphatic rings. The molecule has 4 rings (SSSR count). The van der Waals surface area contributed by atoms with Crippen molar-refractivity contribution in [3.05, 3.63) is 45.7 Å². The molecule has 0 radical (unpaired) electrons. The van der Waals surface area contributed by atoms with Crippen LogP contribution in [0, 0.1) is 18.8 Å². The molecule has 0 aromatic heterocycles. The largest absolute Gasteiger partial charge is 0.508 e. The van der Waals surface area contributed by atoms with Gasteiger partial charge < -0.3 is 26.2 Å². The Balaban J connectivity index is 2.03. The number of nitrogens with two attached hydrogens (primary N) is 1. The van der Waals surface area contributed by atoms with Gasteiger partial charge in [-0.05, 0) is 56.5 Å². The number of amides is 1. The molecule has 0 aliphatic heterocycles. The number of carbonyl (C=O) groups is 3. The number of Topliss-reactive ketones (excluding diaryl/α,β-unsaturated/α-hetero) is 2. The third-order valence-electron chi connectivity index (χ3n) is 7.30. The van der Waals surface area contributed by atoms with Gasteiger partial charge in [0.05, 0.1) is 11.6 Å². The second kappa shape index (κ2) is 6.91. The predicted octanol–water partition coefficient (Wildman–Crippen LogP) is 0.833. The van der Waals surface area contributed by atoms with Gasteiger partial charge in [0.25, 0.3) is 5.91 Å². The smallest absolute Gasteiger partial charge is 0.255 e. The van der Waals surface area contributed by atoms with E-state index >= 15 is 0 Å².